The average Bonchev–Trinajstić information content (AvgIpc) is 2.58. The number of pyridine rings is 1. The Morgan fingerprint density at radius 3 is 2.44 bits per heavy atom. The standard InChI is InChI=1S/C16H16F3N3O2.ClH/c17-16(18,19)10-24-14-7-12(5-6-21-14)9-22-15(23)13-3-1-11(8-20)2-4-13;/h1-7H,8-10,20H2,(H,22,23);1H. The van der Waals surface area contributed by atoms with Crippen LogP contribution >= 0.6 is 12.4 Å². The number of benzene rings is 1. The number of halogens is 4. The molecule has 136 valence electrons. The predicted molar refractivity (Wildman–Crippen MR) is 88.5 cm³/mol. The Hall–Kier alpha value is -2.32. The number of hydrogen-bond acceptors (Lipinski definition) is 4. The Labute approximate surface area is 148 Å². The molecule has 0 saturated heterocycles. The van der Waals surface area contributed by atoms with Gasteiger partial charge in [-0.1, -0.05) is 12.1 Å². The number of rotatable bonds is 6. The third-order valence-electron chi connectivity index (χ3n) is 3.09. The van der Waals surface area contributed by atoms with Crippen LogP contribution in [0.15, 0.2) is 42.6 Å². The highest BCUT2D eigenvalue weighted by molar-refractivity contribution is 5.94. The van der Waals surface area contributed by atoms with Gasteiger partial charge in [0.1, 0.15) is 0 Å². The van der Waals surface area contributed by atoms with Crippen molar-refractivity contribution in [2.45, 2.75) is 19.3 Å². The second-order valence-corrected chi connectivity index (χ2v) is 4.99. The lowest BCUT2D eigenvalue weighted by atomic mass is 10.1. The van der Waals surface area contributed by atoms with E-state index in [1.54, 1.807) is 30.3 Å². The van der Waals surface area contributed by atoms with Crippen molar-refractivity contribution in [1.82, 2.24) is 10.3 Å². The summed E-state index contributed by atoms with van der Waals surface area (Å²) in [5.74, 6) is -0.445. The van der Waals surface area contributed by atoms with E-state index >= 15 is 0 Å². The summed E-state index contributed by atoms with van der Waals surface area (Å²) in [5.41, 5.74) is 7.44. The zero-order valence-electron chi connectivity index (χ0n) is 13.0. The van der Waals surface area contributed by atoms with Crippen LogP contribution in [-0.4, -0.2) is 23.7 Å². The summed E-state index contributed by atoms with van der Waals surface area (Å²) in [4.78, 5) is 15.7. The number of nitrogens with two attached hydrogens (primary N) is 1. The van der Waals surface area contributed by atoms with Gasteiger partial charge in [-0.15, -0.1) is 12.4 Å². The van der Waals surface area contributed by atoms with Crippen LogP contribution in [0.4, 0.5) is 13.2 Å². The van der Waals surface area contributed by atoms with Crippen molar-refractivity contribution in [1.29, 1.82) is 0 Å². The third-order valence-corrected chi connectivity index (χ3v) is 3.09. The zero-order valence-corrected chi connectivity index (χ0v) is 13.9. The van der Waals surface area contributed by atoms with Crippen molar-refractivity contribution in [2.75, 3.05) is 6.61 Å². The molecule has 1 aromatic carbocycles. The van der Waals surface area contributed by atoms with Crippen LogP contribution in [0.1, 0.15) is 21.5 Å². The Balaban J connectivity index is 0.00000312. The van der Waals surface area contributed by atoms with Gasteiger partial charge in [0, 0.05) is 30.9 Å². The first-order valence-corrected chi connectivity index (χ1v) is 7.09. The molecule has 25 heavy (non-hydrogen) atoms. The van der Waals surface area contributed by atoms with E-state index in [0.29, 0.717) is 17.7 Å². The van der Waals surface area contributed by atoms with E-state index in [1.165, 1.54) is 12.3 Å². The lowest BCUT2D eigenvalue weighted by Gasteiger charge is -2.10. The van der Waals surface area contributed by atoms with Crippen molar-refractivity contribution >= 4 is 18.3 Å². The van der Waals surface area contributed by atoms with Crippen molar-refractivity contribution < 1.29 is 22.7 Å². The first kappa shape index (κ1) is 20.7. The number of amides is 1. The lowest BCUT2D eigenvalue weighted by Crippen LogP contribution is -2.23. The average molecular weight is 376 g/mol. The molecule has 3 N–H and O–H groups in total. The molecule has 0 atom stereocenters. The molecule has 0 bridgehead atoms. The van der Waals surface area contributed by atoms with Crippen LogP contribution in [-0.2, 0) is 13.1 Å². The monoisotopic (exact) mass is 375 g/mol. The minimum atomic E-state index is -4.43. The van der Waals surface area contributed by atoms with Crippen molar-refractivity contribution in [3.63, 3.8) is 0 Å². The summed E-state index contributed by atoms with van der Waals surface area (Å²) in [5, 5.41) is 2.68. The Kier molecular flexibility index (Phi) is 7.66. The molecule has 0 fully saturated rings. The maximum atomic E-state index is 12.1. The maximum Gasteiger partial charge on any atom is 0.422 e. The van der Waals surface area contributed by atoms with Crippen LogP contribution in [0.2, 0.25) is 0 Å². The highest BCUT2D eigenvalue weighted by atomic mass is 35.5. The SMILES string of the molecule is Cl.NCc1ccc(C(=O)NCc2ccnc(OCC(F)(F)F)c2)cc1. The van der Waals surface area contributed by atoms with Gasteiger partial charge in [-0.25, -0.2) is 4.98 Å². The van der Waals surface area contributed by atoms with Gasteiger partial charge < -0.3 is 15.8 Å². The summed E-state index contributed by atoms with van der Waals surface area (Å²) >= 11 is 0. The van der Waals surface area contributed by atoms with Gasteiger partial charge in [-0.3, -0.25) is 4.79 Å². The number of carbonyl (C=O) groups excluding carboxylic acids is 1. The van der Waals surface area contributed by atoms with Gasteiger partial charge in [-0.05, 0) is 29.3 Å². The number of ether oxygens (including phenoxy) is 1. The highest BCUT2D eigenvalue weighted by Gasteiger charge is 2.28. The summed E-state index contributed by atoms with van der Waals surface area (Å²) < 4.78 is 40.9. The Morgan fingerprint density at radius 1 is 1.16 bits per heavy atom. The second kappa shape index (κ2) is 9.24. The molecule has 0 saturated carbocycles. The highest BCUT2D eigenvalue weighted by Crippen LogP contribution is 2.17. The van der Waals surface area contributed by atoms with Crippen molar-refractivity contribution in [3.8, 4) is 5.88 Å². The van der Waals surface area contributed by atoms with E-state index < -0.39 is 12.8 Å². The smallest absolute Gasteiger partial charge is 0.422 e. The van der Waals surface area contributed by atoms with E-state index in [4.69, 9.17) is 5.73 Å². The van der Waals surface area contributed by atoms with Gasteiger partial charge in [-0.2, -0.15) is 13.2 Å². The summed E-state index contributed by atoms with van der Waals surface area (Å²) in [7, 11) is 0. The lowest BCUT2D eigenvalue weighted by molar-refractivity contribution is -0.154. The molecular formula is C16H17ClF3N3O2. The third kappa shape index (κ3) is 6.98. The number of nitrogens with zero attached hydrogens (tertiary/aromatic N) is 1. The van der Waals surface area contributed by atoms with Crippen LogP contribution in [0.25, 0.3) is 0 Å². The van der Waals surface area contributed by atoms with Gasteiger partial charge in [0.05, 0.1) is 0 Å². The van der Waals surface area contributed by atoms with E-state index in [-0.39, 0.29) is 30.7 Å². The normalized spacial score (nSPS) is 10.7. The first-order valence-electron chi connectivity index (χ1n) is 7.09. The molecule has 0 radical (unpaired) electrons. The fourth-order valence-electron chi connectivity index (χ4n) is 1.87. The Bertz CT molecular complexity index is 694. The summed E-state index contributed by atoms with van der Waals surface area (Å²) in [6.07, 6.45) is -3.11. The maximum absolute atomic E-state index is 12.1. The van der Waals surface area contributed by atoms with Crippen LogP contribution in [0.3, 0.4) is 0 Å². The molecule has 0 aliphatic carbocycles. The summed E-state index contributed by atoms with van der Waals surface area (Å²) in [6.45, 7) is -0.884. The largest absolute Gasteiger partial charge is 0.468 e. The van der Waals surface area contributed by atoms with E-state index in [2.05, 4.69) is 15.0 Å². The van der Waals surface area contributed by atoms with Crippen LogP contribution < -0.4 is 15.8 Å². The first-order chi connectivity index (χ1) is 11.4. The van der Waals surface area contributed by atoms with Gasteiger partial charge in [0.25, 0.3) is 5.91 Å². The Morgan fingerprint density at radius 2 is 1.84 bits per heavy atom. The van der Waals surface area contributed by atoms with Gasteiger partial charge >= 0.3 is 6.18 Å². The molecule has 9 heteroatoms. The molecule has 5 nitrogen and oxygen atoms in total. The number of aromatic nitrogens is 1. The molecule has 1 amide bonds. The van der Waals surface area contributed by atoms with E-state index in [9.17, 15) is 18.0 Å². The number of alkyl halides is 3. The number of hydrogen-bond donors (Lipinski definition) is 2. The minimum Gasteiger partial charge on any atom is -0.468 e. The molecular weight excluding hydrogens is 359 g/mol. The predicted octanol–water partition coefficient (Wildman–Crippen LogP) is 2.83. The van der Waals surface area contributed by atoms with Crippen molar-refractivity contribution in [2.24, 2.45) is 5.73 Å². The number of nitrogens with one attached hydrogen (secondary N) is 1. The summed E-state index contributed by atoms with van der Waals surface area (Å²) in [6, 6.07) is 9.75. The molecule has 1 heterocycles. The van der Waals surface area contributed by atoms with Crippen LogP contribution in [0, 0.1) is 0 Å². The molecule has 2 aromatic rings. The van der Waals surface area contributed by atoms with E-state index in [0.717, 1.165) is 5.56 Å². The zero-order chi connectivity index (χ0) is 17.6. The van der Waals surface area contributed by atoms with Gasteiger partial charge in [0.15, 0.2) is 6.61 Å². The minimum absolute atomic E-state index is 0. The molecule has 0 spiro atoms. The quantitative estimate of drug-likeness (QED) is 0.814. The van der Waals surface area contributed by atoms with E-state index in [1.807, 2.05) is 0 Å². The molecule has 0 aliphatic heterocycles. The van der Waals surface area contributed by atoms with Crippen molar-refractivity contribution in [3.05, 3.63) is 59.3 Å². The molecule has 1 aromatic heterocycles. The fraction of sp³-hybridized carbons (Fsp3) is 0.250. The number of carbonyl (C=O) groups is 1. The fourth-order valence-corrected chi connectivity index (χ4v) is 1.87. The second-order valence-electron chi connectivity index (χ2n) is 4.99. The molecule has 2 rings (SSSR count). The molecule has 0 aliphatic rings. The van der Waals surface area contributed by atoms with Gasteiger partial charge in [0.2, 0.25) is 5.88 Å². The molecule has 0 unspecified atom stereocenters. The topological polar surface area (TPSA) is 77.2 Å². The van der Waals surface area contributed by atoms with Crippen LogP contribution in [0.5, 0.6) is 5.88 Å².